The van der Waals surface area contributed by atoms with Crippen LogP contribution in [0, 0.1) is 6.92 Å². The molecule has 0 aliphatic carbocycles. The number of H-pyrrole nitrogens is 1. The van der Waals surface area contributed by atoms with E-state index < -0.39 is 23.9 Å². The summed E-state index contributed by atoms with van der Waals surface area (Å²) in [6.07, 6.45) is 3.58. The number of aromatic amines is 1. The van der Waals surface area contributed by atoms with Gasteiger partial charge in [0.15, 0.2) is 0 Å². The van der Waals surface area contributed by atoms with Gasteiger partial charge in [0.05, 0.1) is 5.39 Å². The van der Waals surface area contributed by atoms with Gasteiger partial charge >= 0.3 is 11.9 Å². The summed E-state index contributed by atoms with van der Waals surface area (Å²) in [5.41, 5.74) is 2.73. The molecule has 0 aliphatic rings. The van der Waals surface area contributed by atoms with Gasteiger partial charge < -0.3 is 25.1 Å². The lowest BCUT2D eigenvalue weighted by atomic mass is 10.0. The summed E-state index contributed by atoms with van der Waals surface area (Å²) < 4.78 is 1.85. The minimum Gasteiger partial charge on any atom is -0.481 e. The van der Waals surface area contributed by atoms with Crippen LogP contribution in [0.5, 0.6) is 0 Å². The molecule has 1 amide bonds. The van der Waals surface area contributed by atoms with Crippen molar-refractivity contribution < 1.29 is 24.6 Å². The minimum absolute atomic E-state index is 0.147. The van der Waals surface area contributed by atoms with E-state index in [0.717, 1.165) is 24.0 Å². The van der Waals surface area contributed by atoms with Gasteiger partial charge in [-0.3, -0.25) is 14.4 Å². The van der Waals surface area contributed by atoms with Crippen LogP contribution in [0.1, 0.15) is 46.6 Å². The highest BCUT2D eigenvalue weighted by Gasteiger charge is 2.21. The van der Waals surface area contributed by atoms with E-state index in [1.54, 1.807) is 31.2 Å². The molecule has 10 nitrogen and oxygen atoms in total. The van der Waals surface area contributed by atoms with Crippen LogP contribution < -0.4 is 10.9 Å². The first-order valence-corrected chi connectivity index (χ1v) is 10.5. The number of carbonyl (C=O) groups excluding carboxylic acids is 1. The standard InChI is InChI=1S/C23H26N4O6/c1-13-24-20-19(22(31)25-13)16(12-27(20)2)5-3-4-14-6-8-15(9-7-14)21(30)26-17(23(32)33)10-11-18(28)29/h6-9,12,17H,3-5,10-11H2,1-2H3,(H,26,30)(H,28,29)(H,32,33)(H,24,25,31)/t17-/m0/s1. The molecule has 0 fully saturated rings. The highest BCUT2D eigenvalue weighted by atomic mass is 16.4. The highest BCUT2D eigenvalue weighted by molar-refractivity contribution is 5.96. The quantitative estimate of drug-likeness (QED) is 0.364. The maximum atomic E-state index is 12.3. The zero-order valence-corrected chi connectivity index (χ0v) is 18.4. The number of carboxylic acids is 2. The van der Waals surface area contributed by atoms with Crippen molar-refractivity contribution >= 4 is 28.9 Å². The first-order chi connectivity index (χ1) is 15.7. The van der Waals surface area contributed by atoms with Crippen molar-refractivity contribution in [2.75, 3.05) is 0 Å². The summed E-state index contributed by atoms with van der Waals surface area (Å²) >= 11 is 0. The average molecular weight is 454 g/mol. The van der Waals surface area contributed by atoms with Crippen LogP contribution in [0.25, 0.3) is 11.0 Å². The molecule has 174 valence electrons. The van der Waals surface area contributed by atoms with Gasteiger partial charge in [-0.05, 0) is 55.9 Å². The van der Waals surface area contributed by atoms with Crippen molar-refractivity contribution in [1.29, 1.82) is 0 Å². The summed E-state index contributed by atoms with van der Waals surface area (Å²) in [7, 11) is 1.86. The summed E-state index contributed by atoms with van der Waals surface area (Å²) in [5, 5.41) is 20.9. The Bertz CT molecular complexity index is 1240. The van der Waals surface area contributed by atoms with Gasteiger partial charge in [-0.2, -0.15) is 0 Å². The van der Waals surface area contributed by atoms with Gasteiger partial charge in [0, 0.05) is 25.2 Å². The van der Waals surface area contributed by atoms with Gasteiger partial charge in [0.1, 0.15) is 17.5 Å². The molecule has 1 aromatic carbocycles. The van der Waals surface area contributed by atoms with E-state index in [4.69, 9.17) is 5.11 Å². The van der Waals surface area contributed by atoms with Gasteiger partial charge in [0.2, 0.25) is 0 Å². The number of carbonyl (C=O) groups is 3. The predicted octanol–water partition coefficient (Wildman–Crippen LogP) is 1.79. The summed E-state index contributed by atoms with van der Waals surface area (Å²) in [6, 6.07) is 5.54. The van der Waals surface area contributed by atoms with Crippen molar-refractivity contribution in [2.45, 2.75) is 45.1 Å². The van der Waals surface area contributed by atoms with E-state index in [9.17, 15) is 24.3 Å². The Morgan fingerprint density at radius 2 is 1.85 bits per heavy atom. The van der Waals surface area contributed by atoms with E-state index in [1.165, 1.54) is 0 Å². The summed E-state index contributed by atoms with van der Waals surface area (Å²) in [4.78, 5) is 53.7. The average Bonchev–Trinajstić information content (AvgIpc) is 3.06. The number of fused-ring (bicyclic) bond motifs is 1. The Morgan fingerprint density at radius 1 is 1.15 bits per heavy atom. The van der Waals surface area contributed by atoms with Crippen LogP contribution >= 0.6 is 0 Å². The van der Waals surface area contributed by atoms with Crippen LogP contribution in [0.15, 0.2) is 35.3 Å². The van der Waals surface area contributed by atoms with Crippen molar-refractivity contribution in [2.24, 2.45) is 7.05 Å². The molecule has 2 heterocycles. The maximum absolute atomic E-state index is 12.3. The van der Waals surface area contributed by atoms with Crippen molar-refractivity contribution in [3.05, 3.63) is 63.3 Å². The van der Waals surface area contributed by atoms with Crippen molar-refractivity contribution in [3.63, 3.8) is 0 Å². The fraction of sp³-hybridized carbons (Fsp3) is 0.348. The van der Waals surface area contributed by atoms with Crippen molar-refractivity contribution in [3.8, 4) is 0 Å². The molecule has 0 aliphatic heterocycles. The Hall–Kier alpha value is -3.95. The third-order valence-electron chi connectivity index (χ3n) is 5.40. The Kier molecular flexibility index (Phi) is 7.27. The summed E-state index contributed by atoms with van der Waals surface area (Å²) in [5.74, 6) is -2.41. The van der Waals surface area contributed by atoms with Gasteiger partial charge in [-0.1, -0.05) is 12.1 Å². The SMILES string of the molecule is Cc1nc2c(c(CCCc3ccc(C(=O)N[C@@H](CCC(=O)O)C(=O)O)cc3)cn2C)c(=O)[nH]1. The Morgan fingerprint density at radius 3 is 2.48 bits per heavy atom. The van der Waals surface area contributed by atoms with Crippen LogP contribution in [0.3, 0.4) is 0 Å². The molecule has 3 aromatic rings. The zero-order valence-electron chi connectivity index (χ0n) is 18.4. The van der Waals surface area contributed by atoms with Gasteiger partial charge in [-0.25, -0.2) is 9.78 Å². The molecular formula is C23H26N4O6. The largest absolute Gasteiger partial charge is 0.481 e. The third kappa shape index (κ3) is 5.85. The maximum Gasteiger partial charge on any atom is 0.326 e. The van der Waals surface area contributed by atoms with Crippen molar-refractivity contribution in [1.82, 2.24) is 19.9 Å². The number of carboxylic acid groups (broad SMARTS) is 2. The normalized spacial score (nSPS) is 11.9. The second-order valence-electron chi connectivity index (χ2n) is 7.96. The van der Waals surface area contributed by atoms with E-state index in [-0.39, 0.29) is 18.4 Å². The van der Waals surface area contributed by atoms with Gasteiger partial charge in [0.25, 0.3) is 11.5 Å². The lowest BCUT2D eigenvalue weighted by Gasteiger charge is -2.13. The number of hydrogen-bond acceptors (Lipinski definition) is 5. The first-order valence-electron chi connectivity index (χ1n) is 10.5. The second-order valence-corrected chi connectivity index (χ2v) is 7.96. The van der Waals surface area contributed by atoms with Crippen LogP contribution in [-0.4, -0.2) is 48.6 Å². The van der Waals surface area contributed by atoms with Crippen LogP contribution in [-0.2, 0) is 29.5 Å². The summed E-state index contributed by atoms with van der Waals surface area (Å²) in [6.45, 7) is 1.75. The molecular weight excluding hydrogens is 428 g/mol. The number of aromatic nitrogens is 3. The fourth-order valence-corrected chi connectivity index (χ4v) is 3.74. The molecule has 0 spiro atoms. The number of aryl methyl sites for hydroxylation is 4. The molecule has 0 saturated carbocycles. The second kappa shape index (κ2) is 10.1. The molecule has 0 unspecified atom stereocenters. The minimum atomic E-state index is -1.28. The van der Waals surface area contributed by atoms with Gasteiger partial charge in [-0.15, -0.1) is 0 Å². The monoisotopic (exact) mass is 454 g/mol. The molecule has 4 N–H and O–H groups in total. The molecule has 1 atom stereocenters. The lowest BCUT2D eigenvalue weighted by molar-refractivity contribution is -0.140. The first kappa shape index (κ1) is 23.7. The number of hydrogen-bond donors (Lipinski definition) is 4. The zero-order chi connectivity index (χ0) is 24.1. The third-order valence-corrected chi connectivity index (χ3v) is 5.40. The van der Waals surface area contributed by atoms with Crippen LogP contribution in [0.2, 0.25) is 0 Å². The van der Waals surface area contributed by atoms with E-state index in [2.05, 4.69) is 15.3 Å². The number of nitrogens with zero attached hydrogens (tertiary/aromatic N) is 2. The van der Waals surface area contributed by atoms with E-state index >= 15 is 0 Å². The Labute approximate surface area is 189 Å². The van der Waals surface area contributed by atoms with E-state index in [0.29, 0.717) is 28.8 Å². The Balaban J connectivity index is 1.59. The molecule has 0 bridgehead atoms. The molecule has 2 aromatic heterocycles. The van der Waals surface area contributed by atoms with E-state index in [1.807, 2.05) is 17.8 Å². The lowest BCUT2D eigenvalue weighted by Crippen LogP contribution is -2.41. The predicted molar refractivity (Wildman–Crippen MR) is 120 cm³/mol. The smallest absolute Gasteiger partial charge is 0.326 e. The number of amides is 1. The molecule has 10 heteroatoms. The number of aliphatic carboxylic acids is 2. The number of benzene rings is 1. The highest BCUT2D eigenvalue weighted by Crippen LogP contribution is 2.18. The molecule has 0 saturated heterocycles. The topological polar surface area (TPSA) is 154 Å². The van der Waals surface area contributed by atoms with Crippen LogP contribution in [0.4, 0.5) is 0 Å². The number of rotatable bonds is 10. The number of nitrogens with one attached hydrogen (secondary N) is 2. The fourth-order valence-electron chi connectivity index (χ4n) is 3.74. The molecule has 3 rings (SSSR count). The molecule has 0 radical (unpaired) electrons. The molecule has 33 heavy (non-hydrogen) atoms.